The van der Waals surface area contributed by atoms with Crippen LogP contribution in [0, 0.1) is 6.92 Å². The maximum atomic E-state index is 10.1. The van der Waals surface area contributed by atoms with E-state index in [-0.39, 0.29) is 5.75 Å². The average Bonchev–Trinajstić information content (AvgIpc) is 2.66. The molecule has 3 aromatic rings. The van der Waals surface area contributed by atoms with Crippen molar-refractivity contribution >= 4 is 28.4 Å². The van der Waals surface area contributed by atoms with E-state index in [1.165, 1.54) is 32.1 Å². The van der Waals surface area contributed by atoms with Gasteiger partial charge in [0.25, 0.3) is 0 Å². The fourth-order valence-corrected chi connectivity index (χ4v) is 3.55. The highest BCUT2D eigenvalue weighted by molar-refractivity contribution is 5.90. The van der Waals surface area contributed by atoms with Gasteiger partial charge in [-0.3, -0.25) is 0 Å². The molecule has 0 bridgehead atoms. The molecule has 0 radical (unpaired) electrons. The number of aromatic nitrogens is 2. The number of hydrogen-bond acceptors (Lipinski definition) is 5. The predicted molar refractivity (Wildman–Crippen MR) is 106 cm³/mol. The van der Waals surface area contributed by atoms with Gasteiger partial charge in [-0.05, 0) is 49.6 Å². The second kappa shape index (κ2) is 7.20. The average molecular weight is 348 g/mol. The van der Waals surface area contributed by atoms with Gasteiger partial charge >= 0.3 is 0 Å². The number of hydrogen-bond donors (Lipinski definition) is 3. The highest BCUT2D eigenvalue weighted by atomic mass is 16.3. The molecule has 1 aliphatic rings. The summed E-state index contributed by atoms with van der Waals surface area (Å²) in [7, 11) is 0. The number of phenolic OH excluding ortho intramolecular Hbond substituents is 1. The summed E-state index contributed by atoms with van der Waals surface area (Å²) in [5.41, 5.74) is 2.56. The summed E-state index contributed by atoms with van der Waals surface area (Å²) in [6.45, 7) is 1.99. The van der Waals surface area contributed by atoms with Crippen LogP contribution in [0.4, 0.5) is 17.5 Å². The Hall–Kier alpha value is -2.82. The molecule has 1 aromatic heterocycles. The maximum Gasteiger partial charge on any atom is 0.229 e. The summed E-state index contributed by atoms with van der Waals surface area (Å²) in [5.74, 6) is 1.54. The van der Waals surface area contributed by atoms with E-state index in [4.69, 9.17) is 4.98 Å². The van der Waals surface area contributed by atoms with E-state index in [0.29, 0.717) is 17.7 Å². The molecule has 0 saturated heterocycles. The summed E-state index contributed by atoms with van der Waals surface area (Å²) in [4.78, 5) is 9.34. The number of aromatic hydroxyl groups is 1. The minimum absolute atomic E-state index is 0.189. The van der Waals surface area contributed by atoms with Crippen LogP contribution in [-0.2, 0) is 0 Å². The van der Waals surface area contributed by atoms with E-state index in [0.717, 1.165) is 22.3 Å². The number of rotatable bonds is 4. The van der Waals surface area contributed by atoms with Crippen molar-refractivity contribution in [2.45, 2.75) is 45.1 Å². The van der Waals surface area contributed by atoms with Gasteiger partial charge < -0.3 is 15.7 Å². The Labute approximate surface area is 153 Å². The number of para-hydroxylation sites is 1. The Bertz CT molecular complexity index is 919. The van der Waals surface area contributed by atoms with Crippen LogP contribution < -0.4 is 10.6 Å². The third-order valence-corrected chi connectivity index (χ3v) is 4.95. The van der Waals surface area contributed by atoms with Gasteiger partial charge in [-0.15, -0.1) is 0 Å². The molecular formula is C21H24N4O. The Morgan fingerprint density at radius 1 is 1.00 bits per heavy atom. The van der Waals surface area contributed by atoms with Crippen LogP contribution in [0.5, 0.6) is 5.75 Å². The fraction of sp³-hybridized carbons (Fsp3) is 0.333. The van der Waals surface area contributed by atoms with E-state index >= 15 is 0 Å². The summed E-state index contributed by atoms with van der Waals surface area (Å²) in [6, 6.07) is 13.9. The van der Waals surface area contributed by atoms with Crippen molar-refractivity contribution in [2.75, 3.05) is 10.6 Å². The lowest BCUT2D eigenvalue weighted by Gasteiger charge is -2.24. The van der Waals surface area contributed by atoms with Crippen molar-refractivity contribution in [2.24, 2.45) is 0 Å². The molecule has 0 aliphatic heterocycles. The Morgan fingerprint density at radius 3 is 2.65 bits per heavy atom. The summed E-state index contributed by atoms with van der Waals surface area (Å²) >= 11 is 0. The van der Waals surface area contributed by atoms with Crippen LogP contribution in [-0.4, -0.2) is 21.1 Å². The van der Waals surface area contributed by atoms with Crippen LogP contribution >= 0.6 is 0 Å². The van der Waals surface area contributed by atoms with E-state index in [2.05, 4.69) is 21.7 Å². The molecular weight excluding hydrogens is 324 g/mol. The number of fused-ring (bicyclic) bond motifs is 1. The first kappa shape index (κ1) is 16.6. The zero-order valence-electron chi connectivity index (χ0n) is 15.0. The molecule has 26 heavy (non-hydrogen) atoms. The van der Waals surface area contributed by atoms with E-state index in [9.17, 15) is 5.11 Å². The van der Waals surface area contributed by atoms with Gasteiger partial charge in [-0.25, -0.2) is 4.98 Å². The van der Waals surface area contributed by atoms with Crippen molar-refractivity contribution < 1.29 is 5.11 Å². The van der Waals surface area contributed by atoms with Gasteiger partial charge in [0.15, 0.2) is 0 Å². The first-order chi connectivity index (χ1) is 12.7. The molecule has 0 spiro atoms. The molecule has 3 N–H and O–H groups in total. The van der Waals surface area contributed by atoms with Gasteiger partial charge in [0.05, 0.1) is 11.2 Å². The number of nitrogens with zero attached hydrogens (tertiary/aromatic N) is 2. The van der Waals surface area contributed by atoms with Crippen molar-refractivity contribution in [1.82, 2.24) is 9.97 Å². The number of aryl methyl sites for hydroxylation is 1. The number of benzene rings is 2. The first-order valence-electron chi connectivity index (χ1n) is 9.29. The van der Waals surface area contributed by atoms with E-state index < -0.39 is 0 Å². The van der Waals surface area contributed by atoms with Crippen LogP contribution in [0.25, 0.3) is 10.9 Å². The monoisotopic (exact) mass is 348 g/mol. The Morgan fingerprint density at radius 2 is 1.81 bits per heavy atom. The Kier molecular flexibility index (Phi) is 4.61. The molecule has 5 nitrogen and oxygen atoms in total. The van der Waals surface area contributed by atoms with Crippen LogP contribution in [0.2, 0.25) is 0 Å². The Balaban J connectivity index is 1.69. The summed E-state index contributed by atoms with van der Waals surface area (Å²) in [5, 5.41) is 17.9. The van der Waals surface area contributed by atoms with Crippen molar-refractivity contribution in [3.8, 4) is 5.75 Å². The van der Waals surface area contributed by atoms with Gasteiger partial charge in [-0.1, -0.05) is 37.5 Å². The molecule has 0 amide bonds. The quantitative estimate of drug-likeness (QED) is 0.570. The molecule has 134 valence electrons. The zero-order valence-corrected chi connectivity index (χ0v) is 15.0. The molecule has 0 unspecified atom stereocenters. The van der Waals surface area contributed by atoms with Crippen molar-refractivity contribution in [3.63, 3.8) is 0 Å². The molecule has 1 heterocycles. The summed E-state index contributed by atoms with van der Waals surface area (Å²) < 4.78 is 0. The predicted octanol–water partition coefficient (Wildman–Crippen LogP) is 5.13. The minimum Gasteiger partial charge on any atom is -0.506 e. The highest BCUT2D eigenvalue weighted by Crippen LogP contribution is 2.30. The second-order valence-electron chi connectivity index (χ2n) is 7.04. The number of anilines is 3. The van der Waals surface area contributed by atoms with Gasteiger partial charge in [0.2, 0.25) is 5.95 Å². The number of nitrogens with one attached hydrogen (secondary N) is 2. The molecule has 1 aliphatic carbocycles. The van der Waals surface area contributed by atoms with Crippen molar-refractivity contribution in [3.05, 3.63) is 48.0 Å². The maximum absolute atomic E-state index is 10.1. The highest BCUT2D eigenvalue weighted by Gasteiger charge is 2.16. The van der Waals surface area contributed by atoms with Crippen LogP contribution in [0.1, 0.15) is 37.7 Å². The van der Waals surface area contributed by atoms with Gasteiger partial charge in [0, 0.05) is 11.4 Å². The SMILES string of the molecule is Cc1ccc(O)c(Nc2nc(NC3CCCCC3)c3ccccc3n2)c1. The molecule has 2 aromatic carbocycles. The zero-order chi connectivity index (χ0) is 17.9. The third-order valence-electron chi connectivity index (χ3n) is 4.95. The van der Waals surface area contributed by atoms with Crippen molar-refractivity contribution in [1.29, 1.82) is 0 Å². The normalized spacial score (nSPS) is 15.1. The van der Waals surface area contributed by atoms with Crippen LogP contribution in [0.15, 0.2) is 42.5 Å². The topological polar surface area (TPSA) is 70.1 Å². The van der Waals surface area contributed by atoms with E-state index in [1.54, 1.807) is 6.07 Å². The summed E-state index contributed by atoms with van der Waals surface area (Å²) in [6.07, 6.45) is 6.22. The lowest BCUT2D eigenvalue weighted by atomic mass is 9.95. The van der Waals surface area contributed by atoms with E-state index in [1.807, 2.05) is 37.3 Å². The minimum atomic E-state index is 0.189. The van der Waals surface area contributed by atoms with Crippen LogP contribution in [0.3, 0.4) is 0 Å². The largest absolute Gasteiger partial charge is 0.506 e. The standard InChI is InChI=1S/C21H24N4O/c1-14-11-12-19(26)18(13-14)24-21-23-17-10-6-5-9-16(17)20(25-21)22-15-7-3-2-4-8-15/h5-6,9-13,15,26H,2-4,7-8H2,1H3,(H2,22,23,24,25). The smallest absolute Gasteiger partial charge is 0.229 e. The lowest BCUT2D eigenvalue weighted by molar-refractivity contribution is 0.462. The van der Waals surface area contributed by atoms with Gasteiger partial charge in [0.1, 0.15) is 11.6 Å². The molecule has 1 saturated carbocycles. The molecule has 4 rings (SSSR count). The van der Waals surface area contributed by atoms with Gasteiger partial charge in [-0.2, -0.15) is 4.98 Å². The molecule has 1 fully saturated rings. The second-order valence-corrected chi connectivity index (χ2v) is 7.04. The molecule has 0 atom stereocenters. The lowest BCUT2D eigenvalue weighted by Crippen LogP contribution is -2.23. The number of phenols is 1. The third kappa shape index (κ3) is 3.57. The fourth-order valence-electron chi connectivity index (χ4n) is 3.55. The molecule has 5 heteroatoms. The first-order valence-corrected chi connectivity index (χ1v) is 9.29.